The van der Waals surface area contributed by atoms with Crippen LogP contribution in [0.4, 0.5) is 0 Å². The molecule has 5 nitrogen and oxygen atoms in total. The molecule has 128 valence electrons. The molecular formula is C18H17ClN4OS. The van der Waals surface area contributed by atoms with Crippen molar-refractivity contribution in [1.29, 1.82) is 0 Å². The second-order valence-corrected chi connectivity index (χ2v) is 7.28. The van der Waals surface area contributed by atoms with Gasteiger partial charge in [0.15, 0.2) is 5.16 Å². The fourth-order valence-electron chi connectivity index (χ4n) is 2.34. The quantitative estimate of drug-likeness (QED) is 0.672. The number of hydrogen-bond donors (Lipinski definition) is 1. The van der Waals surface area contributed by atoms with Gasteiger partial charge in [-0.3, -0.25) is 9.36 Å². The maximum Gasteiger partial charge on any atom is 0.230 e. The Kier molecular flexibility index (Phi) is 5.40. The number of rotatable bonds is 6. The molecule has 3 rings (SSSR count). The Hall–Kier alpha value is -2.31. The standard InChI is InChI=1S/C18H17ClN4OS/c1-12(17(20)24)25-18-22-21-16(11-13-5-3-2-4-6-13)23(18)15-9-7-14(19)8-10-15/h2-10,12H,11H2,1H3,(H2,20,24)/t12-/m1/s1. The van der Waals surface area contributed by atoms with Crippen LogP contribution in [-0.4, -0.2) is 25.9 Å². The molecule has 1 amide bonds. The number of halogens is 1. The first-order chi connectivity index (χ1) is 12.0. The molecule has 1 aromatic heterocycles. The van der Waals surface area contributed by atoms with Crippen LogP contribution in [0.2, 0.25) is 5.02 Å². The van der Waals surface area contributed by atoms with Gasteiger partial charge in [-0.15, -0.1) is 10.2 Å². The van der Waals surface area contributed by atoms with Crippen LogP contribution in [0.5, 0.6) is 0 Å². The van der Waals surface area contributed by atoms with E-state index in [1.165, 1.54) is 11.8 Å². The van der Waals surface area contributed by atoms with E-state index in [2.05, 4.69) is 10.2 Å². The third-order valence-electron chi connectivity index (χ3n) is 3.67. The molecule has 0 radical (unpaired) electrons. The first-order valence-electron chi connectivity index (χ1n) is 7.74. The minimum absolute atomic E-state index is 0.389. The van der Waals surface area contributed by atoms with Crippen LogP contribution in [0.3, 0.4) is 0 Å². The molecule has 0 aliphatic rings. The van der Waals surface area contributed by atoms with Crippen molar-refractivity contribution in [2.24, 2.45) is 5.73 Å². The fourth-order valence-corrected chi connectivity index (χ4v) is 3.30. The summed E-state index contributed by atoms with van der Waals surface area (Å²) in [6.45, 7) is 1.75. The average molecular weight is 373 g/mol. The van der Waals surface area contributed by atoms with Crippen LogP contribution < -0.4 is 5.73 Å². The summed E-state index contributed by atoms with van der Waals surface area (Å²) in [5.74, 6) is 0.396. The molecular weight excluding hydrogens is 356 g/mol. The number of amides is 1. The number of hydrogen-bond acceptors (Lipinski definition) is 4. The number of nitrogens with zero attached hydrogens (tertiary/aromatic N) is 3. The number of thioether (sulfide) groups is 1. The summed E-state index contributed by atoms with van der Waals surface area (Å²) in [6.07, 6.45) is 0.627. The number of carbonyl (C=O) groups excluding carboxylic acids is 1. The van der Waals surface area contributed by atoms with Gasteiger partial charge in [0.05, 0.1) is 5.25 Å². The zero-order valence-electron chi connectivity index (χ0n) is 13.6. The summed E-state index contributed by atoms with van der Waals surface area (Å²) >= 11 is 7.29. The Morgan fingerprint density at radius 1 is 1.16 bits per heavy atom. The van der Waals surface area contributed by atoms with Crippen LogP contribution in [0, 0.1) is 0 Å². The van der Waals surface area contributed by atoms with Gasteiger partial charge in [0.25, 0.3) is 0 Å². The van der Waals surface area contributed by atoms with Crippen LogP contribution >= 0.6 is 23.4 Å². The highest BCUT2D eigenvalue weighted by Crippen LogP contribution is 2.27. The molecule has 0 saturated carbocycles. The lowest BCUT2D eigenvalue weighted by Crippen LogP contribution is -2.23. The number of primary amides is 1. The van der Waals surface area contributed by atoms with Gasteiger partial charge in [-0.05, 0) is 36.8 Å². The van der Waals surface area contributed by atoms with E-state index in [0.29, 0.717) is 16.6 Å². The Morgan fingerprint density at radius 3 is 2.48 bits per heavy atom. The van der Waals surface area contributed by atoms with E-state index in [9.17, 15) is 4.79 Å². The lowest BCUT2D eigenvalue weighted by molar-refractivity contribution is -0.117. The van der Waals surface area contributed by atoms with Crippen LogP contribution in [-0.2, 0) is 11.2 Å². The van der Waals surface area contributed by atoms with Crippen molar-refractivity contribution in [3.63, 3.8) is 0 Å². The number of nitrogens with two attached hydrogens (primary N) is 1. The van der Waals surface area contributed by atoms with Crippen LogP contribution in [0.15, 0.2) is 59.8 Å². The fraction of sp³-hybridized carbons (Fsp3) is 0.167. The molecule has 2 aromatic carbocycles. The van der Waals surface area contributed by atoms with E-state index < -0.39 is 5.25 Å². The topological polar surface area (TPSA) is 73.8 Å². The van der Waals surface area contributed by atoms with Crippen molar-refractivity contribution < 1.29 is 4.79 Å². The maximum atomic E-state index is 11.4. The first-order valence-corrected chi connectivity index (χ1v) is 9.00. The molecule has 0 fully saturated rings. The van der Waals surface area contributed by atoms with Crippen LogP contribution in [0.1, 0.15) is 18.3 Å². The summed E-state index contributed by atoms with van der Waals surface area (Å²) in [6, 6.07) is 17.5. The lowest BCUT2D eigenvalue weighted by Gasteiger charge is -2.12. The highest BCUT2D eigenvalue weighted by atomic mass is 35.5. The molecule has 7 heteroatoms. The Morgan fingerprint density at radius 2 is 1.84 bits per heavy atom. The van der Waals surface area contributed by atoms with Gasteiger partial charge in [-0.2, -0.15) is 0 Å². The summed E-state index contributed by atoms with van der Waals surface area (Å²) < 4.78 is 1.94. The second kappa shape index (κ2) is 7.72. The maximum absolute atomic E-state index is 11.4. The zero-order chi connectivity index (χ0) is 17.8. The molecule has 0 saturated heterocycles. The van der Waals surface area contributed by atoms with E-state index >= 15 is 0 Å². The van der Waals surface area contributed by atoms with E-state index in [0.717, 1.165) is 17.1 Å². The van der Waals surface area contributed by atoms with Gasteiger partial charge < -0.3 is 5.73 Å². The third-order valence-corrected chi connectivity index (χ3v) is 4.99. The average Bonchev–Trinajstić information content (AvgIpc) is 2.98. The van der Waals surface area contributed by atoms with Gasteiger partial charge in [0, 0.05) is 17.1 Å². The Labute approximate surface area is 155 Å². The van der Waals surface area contributed by atoms with Gasteiger partial charge >= 0.3 is 0 Å². The Balaban J connectivity index is 2.01. The number of benzene rings is 2. The molecule has 25 heavy (non-hydrogen) atoms. The summed E-state index contributed by atoms with van der Waals surface area (Å²) in [4.78, 5) is 11.4. The summed E-state index contributed by atoms with van der Waals surface area (Å²) in [7, 11) is 0. The van der Waals surface area contributed by atoms with E-state index in [-0.39, 0.29) is 5.91 Å². The monoisotopic (exact) mass is 372 g/mol. The van der Waals surface area contributed by atoms with E-state index in [1.54, 1.807) is 6.92 Å². The number of carbonyl (C=O) groups is 1. The third kappa shape index (κ3) is 4.21. The molecule has 1 atom stereocenters. The molecule has 0 aliphatic carbocycles. The smallest absolute Gasteiger partial charge is 0.230 e. The van der Waals surface area contributed by atoms with Crippen molar-refractivity contribution in [1.82, 2.24) is 14.8 Å². The van der Waals surface area contributed by atoms with E-state index in [4.69, 9.17) is 17.3 Å². The Bertz CT molecular complexity index is 865. The zero-order valence-corrected chi connectivity index (χ0v) is 15.2. The van der Waals surface area contributed by atoms with Crippen molar-refractivity contribution in [2.75, 3.05) is 0 Å². The van der Waals surface area contributed by atoms with Crippen molar-refractivity contribution >= 4 is 29.3 Å². The van der Waals surface area contributed by atoms with E-state index in [1.807, 2.05) is 59.2 Å². The van der Waals surface area contributed by atoms with Crippen LogP contribution in [0.25, 0.3) is 5.69 Å². The normalized spacial score (nSPS) is 12.1. The SMILES string of the molecule is C[C@@H](Sc1nnc(Cc2ccccc2)n1-c1ccc(Cl)cc1)C(N)=O. The minimum atomic E-state index is -0.403. The van der Waals surface area contributed by atoms with Gasteiger partial charge in [0.1, 0.15) is 5.82 Å². The molecule has 3 aromatic rings. The molecule has 0 aliphatic heterocycles. The highest BCUT2D eigenvalue weighted by molar-refractivity contribution is 8.00. The second-order valence-electron chi connectivity index (χ2n) is 5.54. The predicted octanol–water partition coefficient (Wildman–Crippen LogP) is 3.48. The predicted molar refractivity (Wildman–Crippen MR) is 100 cm³/mol. The molecule has 0 bridgehead atoms. The van der Waals surface area contributed by atoms with Gasteiger partial charge in [0.2, 0.25) is 5.91 Å². The highest BCUT2D eigenvalue weighted by Gasteiger charge is 2.19. The summed E-state index contributed by atoms with van der Waals surface area (Å²) in [5, 5.41) is 9.47. The van der Waals surface area contributed by atoms with Crippen molar-refractivity contribution in [3.8, 4) is 5.69 Å². The largest absolute Gasteiger partial charge is 0.369 e. The minimum Gasteiger partial charge on any atom is -0.369 e. The molecule has 0 spiro atoms. The number of aromatic nitrogens is 3. The summed E-state index contributed by atoms with van der Waals surface area (Å²) in [5.41, 5.74) is 7.41. The molecule has 2 N–H and O–H groups in total. The van der Waals surface area contributed by atoms with Crippen molar-refractivity contribution in [2.45, 2.75) is 23.8 Å². The molecule has 0 unspecified atom stereocenters. The van der Waals surface area contributed by atoms with Gasteiger partial charge in [-0.25, -0.2) is 0 Å². The first kappa shape index (κ1) is 17.5. The lowest BCUT2D eigenvalue weighted by atomic mass is 10.1. The van der Waals surface area contributed by atoms with Crippen molar-refractivity contribution in [3.05, 3.63) is 71.0 Å². The van der Waals surface area contributed by atoms with Gasteiger partial charge in [-0.1, -0.05) is 53.7 Å². The molecule has 1 heterocycles.